The van der Waals surface area contributed by atoms with Crippen molar-refractivity contribution in [1.29, 1.82) is 0 Å². The summed E-state index contributed by atoms with van der Waals surface area (Å²) in [5.41, 5.74) is 4.32. The van der Waals surface area contributed by atoms with E-state index in [0.717, 1.165) is 0 Å². The van der Waals surface area contributed by atoms with Crippen LogP contribution in [0.5, 0.6) is 0 Å². The van der Waals surface area contributed by atoms with Crippen molar-refractivity contribution in [2.45, 2.75) is 24.7 Å². The number of halogens is 1. The molecule has 2 atom stereocenters. The van der Waals surface area contributed by atoms with Crippen LogP contribution in [-0.4, -0.2) is 47.0 Å². The maximum absolute atomic E-state index is 10.9. The zero-order chi connectivity index (χ0) is 11.5. The lowest BCUT2D eigenvalue weighted by atomic mass is 9.77. The second-order valence-corrected chi connectivity index (χ2v) is 4.10. The molecule has 5 N–H and O–H groups in total. The van der Waals surface area contributed by atoms with Crippen LogP contribution in [0.1, 0.15) is 12.8 Å². The van der Waals surface area contributed by atoms with E-state index in [4.69, 9.17) is 25.6 Å². The van der Waals surface area contributed by atoms with Gasteiger partial charge in [0.15, 0.2) is 0 Å². The Bertz CT molecular complexity index is 242. The summed E-state index contributed by atoms with van der Waals surface area (Å²) in [6.07, 6.45) is 1.03. The van der Waals surface area contributed by atoms with Gasteiger partial charge < -0.3 is 25.6 Å². The fraction of sp³-hybridized carbons (Fsp3) is 0.875. The summed E-state index contributed by atoms with van der Waals surface area (Å²) in [6.45, 7) is 0.444. The number of hydrogen-bond donors (Lipinski definition) is 4. The minimum Gasteiger partial charge on any atom is -0.480 e. The van der Waals surface area contributed by atoms with Crippen LogP contribution in [0.15, 0.2) is 0 Å². The van der Waals surface area contributed by atoms with Crippen LogP contribution in [0.3, 0.4) is 0 Å². The van der Waals surface area contributed by atoms with Gasteiger partial charge in [0.05, 0.1) is 6.61 Å². The molecule has 0 aromatic carbocycles. The minimum absolute atomic E-state index is 0. The smallest absolute Gasteiger partial charge is 0.451 e. The SMILES string of the molecule is Cl.N[C@@]1(C(=O)O)COCC(CCB(O)O)C1. The number of carbonyl (C=O) groups is 1. The van der Waals surface area contributed by atoms with Crippen molar-refractivity contribution >= 4 is 25.5 Å². The zero-order valence-electron chi connectivity index (χ0n) is 8.83. The third-order valence-electron chi connectivity index (χ3n) is 2.63. The van der Waals surface area contributed by atoms with Crippen molar-refractivity contribution in [2.75, 3.05) is 13.2 Å². The predicted octanol–water partition coefficient (Wildman–Crippen LogP) is -0.910. The van der Waals surface area contributed by atoms with E-state index < -0.39 is 18.6 Å². The Morgan fingerprint density at radius 1 is 1.56 bits per heavy atom. The monoisotopic (exact) mass is 253 g/mol. The molecule has 94 valence electrons. The molecule has 1 unspecified atom stereocenters. The van der Waals surface area contributed by atoms with Gasteiger partial charge in [-0.2, -0.15) is 0 Å². The standard InChI is InChI=1S/C8H16BNO5.ClH/c10-8(7(11)12)3-6(4-15-5-8)1-2-9(13)14;/h6,13-14H,1-5,10H2,(H,11,12);1H/t6?,8-;/m1./s1. The van der Waals surface area contributed by atoms with Crippen molar-refractivity contribution in [3.63, 3.8) is 0 Å². The second kappa shape index (κ2) is 6.41. The molecule has 1 saturated heterocycles. The molecule has 0 amide bonds. The van der Waals surface area contributed by atoms with Crippen LogP contribution >= 0.6 is 12.4 Å². The van der Waals surface area contributed by atoms with E-state index in [1.807, 2.05) is 0 Å². The highest BCUT2D eigenvalue weighted by Crippen LogP contribution is 2.25. The van der Waals surface area contributed by atoms with E-state index in [2.05, 4.69) is 0 Å². The van der Waals surface area contributed by atoms with Gasteiger partial charge in [0.25, 0.3) is 0 Å². The van der Waals surface area contributed by atoms with Crippen LogP contribution < -0.4 is 5.73 Å². The Balaban J connectivity index is 0.00000225. The maximum atomic E-state index is 10.9. The van der Waals surface area contributed by atoms with Gasteiger partial charge in [-0.05, 0) is 25.1 Å². The molecule has 1 heterocycles. The minimum atomic E-state index is -1.36. The van der Waals surface area contributed by atoms with E-state index in [9.17, 15) is 4.79 Å². The fourth-order valence-corrected chi connectivity index (χ4v) is 1.76. The van der Waals surface area contributed by atoms with Gasteiger partial charge in [-0.15, -0.1) is 12.4 Å². The molecule has 0 aromatic heterocycles. The van der Waals surface area contributed by atoms with Crippen molar-refractivity contribution < 1.29 is 24.7 Å². The summed E-state index contributed by atoms with van der Waals surface area (Å²) >= 11 is 0. The lowest BCUT2D eigenvalue weighted by Gasteiger charge is -2.34. The fourth-order valence-electron chi connectivity index (χ4n) is 1.76. The molecule has 1 aliphatic rings. The van der Waals surface area contributed by atoms with E-state index in [1.165, 1.54) is 0 Å². The molecule has 16 heavy (non-hydrogen) atoms. The first-order chi connectivity index (χ1) is 6.94. The van der Waals surface area contributed by atoms with Crippen molar-refractivity contribution in [1.82, 2.24) is 0 Å². The molecular weight excluding hydrogens is 236 g/mol. The van der Waals surface area contributed by atoms with Gasteiger partial charge in [0.1, 0.15) is 5.54 Å². The van der Waals surface area contributed by atoms with E-state index >= 15 is 0 Å². The molecule has 1 aliphatic heterocycles. The Morgan fingerprint density at radius 2 is 2.19 bits per heavy atom. The summed E-state index contributed by atoms with van der Waals surface area (Å²) in [5, 5.41) is 26.3. The van der Waals surface area contributed by atoms with Crippen LogP contribution in [0.2, 0.25) is 6.32 Å². The van der Waals surface area contributed by atoms with Gasteiger partial charge in [0.2, 0.25) is 0 Å². The molecule has 0 radical (unpaired) electrons. The summed E-state index contributed by atoms with van der Waals surface area (Å²) in [6, 6.07) is 0. The molecule has 0 bridgehead atoms. The van der Waals surface area contributed by atoms with E-state index in [0.29, 0.717) is 19.4 Å². The zero-order valence-corrected chi connectivity index (χ0v) is 9.65. The van der Waals surface area contributed by atoms with Gasteiger partial charge in [-0.3, -0.25) is 4.79 Å². The third kappa shape index (κ3) is 4.27. The summed E-state index contributed by atoms with van der Waals surface area (Å²) in [7, 11) is -1.36. The largest absolute Gasteiger partial charge is 0.480 e. The molecule has 0 aromatic rings. The van der Waals surface area contributed by atoms with Gasteiger partial charge >= 0.3 is 13.1 Å². The lowest BCUT2D eigenvalue weighted by Crippen LogP contribution is -2.56. The Morgan fingerprint density at radius 3 is 2.69 bits per heavy atom. The van der Waals surface area contributed by atoms with Crippen molar-refractivity contribution in [3.05, 3.63) is 0 Å². The molecule has 0 aliphatic carbocycles. The van der Waals surface area contributed by atoms with Gasteiger partial charge in [-0.25, -0.2) is 0 Å². The first-order valence-electron chi connectivity index (χ1n) is 4.90. The average Bonchev–Trinajstić information content (AvgIpc) is 2.15. The quantitative estimate of drug-likeness (QED) is 0.483. The Kier molecular flexibility index (Phi) is 6.28. The maximum Gasteiger partial charge on any atom is 0.451 e. The number of carboxylic acid groups (broad SMARTS) is 1. The van der Waals surface area contributed by atoms with Gasteiger partial charge in [-0.1, -0.05) is 0 Å². The Labute approximate surface area is 100 Å². The number of ether oxygens (including phenoxy) is 1. The van der Waals surface area contributed by atoms with Crippen LogP contribution in [0.25, 0.3) is 0 Å². The van der Waals surface area contributed by atoms with Crippen molar-refractivity contribution in [3.8, 4) is 0 Å². The molecule has 6 nitrogen and oxygen atoms in total. The number of rotatable bonds is 4. The Hall–Kier alpha value is -0.335. The van der Waals surface area contributed by atoms with Crippen LogP contribution in [0.4, 0.5) is 0 Å². The topological polar surface area (TPSA) is 113 Å². The van der Waals surface area contributed by atoms with Crippen molar-refractivity contribution in [2.24, 2.45) is 11.7 Å². The predicted molar refractivity (Wildman–Crippen MR) is 60.3 cm³/mol. The molecule has 8 heteroatoms. The molecule has 1 rings (SSSR count). The van der Waals surface area contributed by atoms with Crippen LogP contribution in [0, 0.1) is 5.92 Å². The number of aliphatic carboxylic acids is 1. The first-order valence-corrected chi connectivity index (χ1v) is 4.90. The first kappa shape index (κ1) is 15.7. The average molecular weight is 253 g/mol. The van der Waals surface area contributed by atoms with E-state index in [-0.39, 0.29) is 31.3 Å². The number of hydrogen-bond acceptors (Lipinski definition) is 5. The summed E-state index contributed by atoms with van der Waals surface area (Å²) in [5.74, 6) is -1.10. The summed E-state index contributed by atoms with van der Waals surface area (Å²) in [4.78, 5) is 10.9. The number of carboxylic acids is 1. The molecule has 0 spiro atoms. The lowest BCUT2D eigenvalue weighted by molar-refractivity contribution is -0.150. The molecular formula is C8H17BClNO5. The highest BCUT2D eigenvalue weighted by atomic mass is 35.5. The van der Waals surface area contributed by atoms with Gasteiger partial charge in [0, 0.05) is 6.61 Å². The molecule has 1 fully saturated rings. The highest BCUT2D eigenvalue weighted by molar-refractivity contribution is 6.40. The third-order valence-corrected chi connectivity index (χ3v) is 2.63. The summed E-state index contributed by atoms with van der Waals surface area (Å²) < 4.78 is 5.12. The van der Waals surface area contributed by atoms with Crippen LogP contribution in [-0.2, 0) is 9.53 Å². The normalized spacial score (nSPS) is 29.3. The molecule has 0 saturated carbocycles. The van der Waals surface area contributed by atoms with E-state index in [1.54, 1.807) is 0 Å². The highest BCUT2D eigenvalue weighted by Gasteiger charge is 2.40. The number of nitrogens with two attached hydrogens (primary N) is 1. The second-order valence-electron chi connectivity index (χ2n) is 4.10.